The molecule has 0 unspecified atom stereocenters. The average molecular weight is 501 g/mol. The molecule has 0 radical (unpaired) electrons. The monoisotopic (exact) mass is 500 g/mol. The molecule has 0 spiro atoms. The minimum absolute atomic E-state index is 0.103. The summed E-state index contributed by atoms with van der Waals surface area (Å²) in [5.41, 5.74) is 4.07. The van der Waals surface area contributed by atoms with Crippen molar-refractivity contribution >= 4 is 51.5 Å². The van der Waals surface area contributed by atoms with Crippen LogP contribution in [0.3, 0.4) is 0 Å². The van der Waals surface area contributed by atoms with Crippen molar-refractivity contribution in [2.75, 3.05) is 11.9 Å². The van der Waals surface area contributed by atoms with Crippen LogP contribution in [0, 0.1) is 6.92 Å². The number of fused-ring (bicyclic) bond motifs is 1. The first-order chi connectivity index (χ1) is 16.0. The molecule has 2 amide bonds. The number of benzene rings is 1. The molecule has 2 aromatic heterocycles. The van der Waals surface area contributed by atoms with Crippen LogP contribution in [0.25, 0.3) is 0 Å². The molecule has 33 heavy (non-hydrogen) atoms. The number of thioether (sulfide) groups is 1. The van der Waals surface area contributed by atoms with Gasteiger partial charge in [0.15, 0.2) is 10.9 Å². The first-order valence-corrected chi connectivity index (χ1v) is 13.1. The predicted octanol–water partition coefficient (Wildman–Crippen LogP) is 5.67. The second kappa shape index (κ2) is 10.7. The lowest BCUT2D eigenvalue weighted by Crippen LogP contribution is -2.25. The number of hydrogen-bond donors (Lipinski definition) is 2. The Morgan fingerprint density at radius 3 is 2.82 bits per heavy atom. The van der Waals surface area contributed by atoms with Gasteiger partial charge in [-0.3, -0.25) is 9.59 Å². The summed E-state index contributed by atoms with van der Waals surface area (Å²) in [5, 5.41) is 6.98. The largest absolute Gasteiger partial charge is 0.352 e. The second-order valence-corrected chi connectivity index (χ2v) is 10.3. The van der Waals surface area contributed by atoms with Crippen molar-refractivity contribution < 1.29 is 9.59 Å². The van der Waals surface area contributed by atoms with Gasteiger partial charge in [-0.05, 0) is 50.7 Å². The summed E-state index contributed by atoms with van der Waals surface area (Å²) in [6, 6.07) is 8.22. The van der Waals surface area contributed by atoms with Crippen LogP contribution in [0.2, 0.25) is 5.02 Å². The Kier molecular flexibility index (Phi) is 7.67. The van der Waals surface area contributed by atoms with Gasteiger partial charge in [0.25, 0.3) is 11.8 Å². The van der Waals surface area contributed by atoms with Gasteiger partial charge in [-0.1, -0.05) is 53.2 Å². The summed E-state index contributed by atoms with van der Waals surface area (Å²) in [6.07, 6.45) is 5.36. The molecule has 0 saturated heterocycles. The molecule has 1 aliphatic carbocycles. The van der Waals surface area contributed by atoms with Crippen molar-refractivity contribution in [3.8, 4) is 0 Å². The second-order valence-electron chi connectivity index (χ2n) is 7.86. The number of carbonyl (C=O) groups excluding carboxylic acids is 2. The third-order valence-electron chi connectivity index (χ3n) is 5.35. The van der Waals surface area contributed by atoms with E-state index in [0.717, 1.165) is 36.8 Å². The van der Waals surface area contributed by atoms with Crippen LogP contribution < -0.4 is 10.6 Å². The summed E-state index contributed by atoms with van der Waals surface area (Å²) in [5.74, 6) is 0.0860. The van der Waals surface area contributed by atoms with E-state index >= 15 is 0 Å². The lowest BCUT2D eigenvalue weighted by molar-refractivity contribution is 0.0956. The van der Waals surface area contributed by atoms with Gasteiger partial charge in [0.2, 0.25) is 0 Å². The average Bonchev–Trinajstić information content (AvgIpc) is 3.16. The van der Waals surface area contributed by atoms with Crippen LogP contribution in [0.15, 0.2) is 35.6 Å². The normalized spacial score (nSPS) is 12.8. The minimum atomic E-state index is -0.441. The quantitative estimate of drug-likeness (QED) is 0.322. The molecule has 3 aromatic rings. The smallest absolute Gasteiger partial charge is 0.276 e. The Bertz CT molecular complexity index is 1200. The van der Waals surface area contributed by atoms with E-state index in [1.165, 1.54) is 39.7 Å². The van der Waals surface area contributed by atoms with Crippen molar-refractivity contribution in [2.45, 2.75) is 50.4 Å². The Balaban J connectivity index is 1.55. The van der Waals surface area contributed by atoms with Crippen LogP contribution in [0.5, 0.6) is 0 Å². The zero-order valence-electron chi connectivity index (χ0n) is 18.5. The summed E-state index contributed by atoms with van der Waals surface area (Å²) in [7, 11) is 0. The van der Waals surface area contributed by atoms with Gasteiger partial charge in [-0.15, -0.1) is 11.3 Å². The van der Waals surface area contributed by atoms with Crippen LogP contribution in [0.1, 0.15) is 62.2 Å². The first-order valence-electron chi connectivity index (χ1n) is 10.9. The first kappa shape index (κ1) is 23.7. The predicted molar refractivity (Wildman–Crippen MR) is 135 cm³/mol. The third kappa shape index (κ3) is 5.57. The zero-order valence-corrected chi connectivity index (χ0v) is 20.9. The lowest BCUT2D eigenvalue weighted by Gasteiger charge is -2.13. The summed E-state index contributed by atoms with van der Waals surface area (Å²) in [4.78, 5) is 35.7. The SMILES string of the molecule is CCNC(=O)c1c(NC(=O)c2nc(SCc3cccc(C)c3)ncc2Cl)sc2c1CCCC2. The van der Waals surface area contributed by atoms with Gasteiger partial charge >= 0.3 is 0 Å². The molecule has 4 rings (SSSR count). The van der Waals surface area contributed by atoms with E-state index < -0.39 is 5.91 Å². The van der Waals surface area contributed by atoms with Crippen LogP contribution >= 0.6 is 34.7 Å². The van der Waals surface area contributed by atoms with Crippen molar-refractivity contribution in [3.63, 3.8) is 0 Å². The van der Waals surface area contributed by atoms with Gasteiger partial charge in [0.1, 0.15) is 5.00 Å². The van der Waals surface area contributed by atoms with Gasteiger partial charge < -0.3 is 10.6 Å². The highest BCUT2D eigenvalue weighted by atomic mass is 35.5. The molecular weight excluding hydrogens is 476 g/mol. The third-order valence-corrected chi connectivity index (χ3v) is 7.77. The van der Waals surface area contributed by atoms with E-state index in [-0.39, 0.29) is 16.6 Å². The van der Waals surface area contributed by atoms with Crippen molar-refractivity contribution in [1.29, 1.82) is 0 Å². The lowest BCUT2D eigenvalue weighted by atomic mass is 9.95. The van der Waals surface area contributed by atoms with Crippen LogP contribution in [0.4, 0.5) is 5.00 Å². The minimum Gasteiger partial charge on any atom is -0.352 e. The molecule has 2 N–H and O–H groups in total. The highest BCUT2D eigenvalue weighted by molar-refractivity contribution is 7.98. The van der Waals surface area contributed by atoms with E-state index in [4.69, 9.17) is 11.6 Å². The molecule has 0 atom stereocenters. The molecule has 0 saturated carbocycles. The number of carbonyl (C=O) groups is 2. The van der Waals surface area contributed by atoms with E-state index in [1.54, 1.807) is 0 Å². The topological polar surface area (TPSA) is 84.0 Å². The summed E-state index contributed by atoms with van der Waals surface area (Å²) < 4.78 is 0. The maximum Gasteiger partial charge on any atom is 0.276 e. The Labute approximate surface area is 206 Å². The van der Waals surface area contributed by atoms with Gasteiger partial charge in [-0.2, -0.15) is 0 Å². The number of rotatable bonds is 7. The van der Waals surface area contributed by atoms with Gasteiger partial charge in [-0.25, -0.2) is 9.97 Å². The number of nitrogens with one attached hydrogen (secondary N) is 2. The molecule has 1 aromatic carbocycles. The number of amides is 2. The number of anilines is 1. The standard InChI is InChI=1S/C24H25ClN4O2S2/c1-3-26-21(30)19-16-9-4-5-10-18(16)33-23(19)29-22(31)20-17(25)12-27-24(28-20)32-13-15-8-6-7-14(2)11-15/h6-8,11-12H,3-5,9-10,13H2,1-2H3,(H,26,30)(H,29,31). The maximum absolute atomic E-state index is 13.1. The van der Waals surface area contributed by atoms with Gasteiger partial charge in [0.05, 0.1) is 16.8 Å². The molecule has 0 fully saturated rings. The van der Waals surface area contributed by atoms with E-state index in [0.29, 0.717) is 28.0 Å². The van der Waals surface area contributed by atoms with E-state index in [1.807, 2.05) is 32.0 Å². The number of halogens is 1. The maximum atomic E-state index is 13.1. The fourth-order valence-electron chi connectivity index (χ4n) is 3.83. The number of aromatic nitrogens is 2. The Morgan fingerprint density at radius 1 is 1.21 bits per heavy atom. The van der Waals surface area contributed by atoms with Gasteiger partial charge in [0, 0.05) is 17.2 Å². The van der Waals surface area contributed by atoms with Crippen molar-refractivity contribution in [1.82, 2.24) is 15.3 Å². The van der Waals surface area contributed by atoms with E-state index in [9.17, 15) is 9.59 Å². The molecule has 172 valence electrons. The van der Waals surface area contributed by atoms with Crippen molar-refractivity contribution in [3.05, 3.63) is 68.3 Å². The van der Waals surface area contributed by atoms with Crippen molar-refractivity contribution in [2.24, 2.45) is 0 Å². The number of hydrogen-bond acceptors (Lipinski definition) is 6. The molecular formula is C24H25ClN4O2S2. The molecule has 0 aliphatic heterocycles. The number of aryl methyl sites for hydroxylation is 2. The number of nitrogens with zero attached hydrogens (tertiary/aromatic N) is 2. The fraction of sp³-hybridized carbons (Fsp3) is 0.333. The zero-order chi connectivity index (χ0) is 23.4. The Hall–Kier alpha value is -2.42. The number of thiophene rings is 1. The summed E-state index contributed by atoms with van der Waals surface area (Å²) in [6.45, 7) is 4.45. The molecule has 1 aliphatic rings. The molecule has 6 nitrogen and oxygen atoms in total. The highest BCUT2D eigenvalue weighted by Gasteiger charge is 2.27. The highest BCUT2D eigenvalue weighted by Crippen LogP contribution is 2.38. The van der Waals surface area contributed by atoms with Crippen LogP contribution in [-0.4, -0.2) is 28.3 Å². The fourth-order valence-corrected chi connectivity index (χ4v) is 6.05. The van der Waals surface area contributed by atoms with Crippen LogP contribution in [-0.2, 0) is 18.6 Å². The van der Waals surface area contributed by atoms with E-state index in [2.05, 4.69) is 26.7 Å². The molecule has 2 heterocycles. The molecule has 0 bridgehead atoms. The Morgan fingerprint density at radius 2 is 2.03 bits per heavy atom. The summed E-state index contributed by atoms with van der Waals surface area (Å²) >= 11 is 9.19. The molecule has 9 heteroatoms.